The van der Waals surface area contributed by atoms with Crippen molar-refractivity contribution >= 4 is 11.9 Å². The minimum absolute atomic E-state index is 0.00358. The maximum Gasteiger partial charge on any atom is 0.306 e. The average Bonchev–Trinajstić information content (AvgIpc) is 2.95. The summed E-state index contributed by atoms with van der Waals surface area (Å²) in [6.07, 6.45) is 25.3. The lowest BCUT2D eigenvalue weighted by Gasteiger charge is -2.28. The van der Waals surface area contributed by atoms with E-state index in [2.05, 4.69) is 18.7 Å². The highest BCUT2D eigenvalue weighted by molar-refractivity contribution is 5.69. The Labute approximate surface area is 247 Å². The zero-order valence-corrected chi connectivity index (χ0v) is 26.5. The lowest BCUT2D eigenvalue weighted by Crippen LogP contribution is -2.29. The van der Waals surface area contributed by atoms with Crippen LogP contribution in [0.15, 0.2) is 0 Å². The molecule has 0 amide bonds. The van der Waals surface area contributed by atoms with E-state index in [1.54, 1.807) is 0 Å². The van der Waals surface area contributed by atoms with Gasteiger partial charge in [0, 0.05) is 19.4 Å². The molecule has 40 heavy (non-hydrogen) atoms. The molecule has 6 heteroatoms. The molecule has 0 aromatic carbocycles. The molecule has 0 aromatic heterocycles. The first-order chi connectivity index (χ1) is 19.6. The van der Waals surface area contributed by atoms with Crippen LogP contribution in [-0.4, -0.2) is 60.9 Å². The summed E-state index contributed by atoms with van der Waals surface area (Å²) in [6, 6.07) is 0. The fraction of sp³-hybridized carbons (Fsp3) is 0.941. The van der Waals surface area contributed by atoms with E-state index in [1.807, 2.05) is 0 Å². The lowest BCUT2D eigenvalue weighted by molar-refractivity contribution is -0.151. The molecule has 0 spiro atoms. The van der Waals surface area contributed by atoms with Crippen LogP contribution < -0.4 is 0 Å². The van der Waals surface area contributed by atoms with Gasteiger partial charge in [-0.2, -0.15) is 0 Å². The van der Waals surface area contributed by atoms with Crippen LogP contribution >= 0.6 is 0 Å². The largest absolute Gasteiger partial charge is 0.466 e. The van der Waals surface area contributed by atoms with E-state index in [0.29, 0.717) is 19.4 Å². The highest BCUT2D eigenvalue weighted by Gasteiger charge is 2.23. The molecule has 1 aliphatic carbocycles. The van der Waals surface area contributed by atoms with Crippen molar-refractivity contribution in [2.45, 2.75) is 168 Å². The molecule has 0 bridgehead atoms. The molecule has 0 aliphatic heterocycles. The smallest absolute Gasteiger partial charge is 0.306 e. The highest BCUT2D eigenvalue weighted by Crippen LogP contribution is 2.30. The lowest BCUT2D eigenvalue weighted by atomic mass is 9.84. The summed E-state index contributed by atoms with van der Waals surface area (Å²) in [5, 5.41) is 9.43. The number of rotatable bonds is 27. The summed E-state index contributed by atoms with van der Waals surface area (Å²) >= 11 is 0. The maximum atomic E-state index is 12.2. The van der Waals surface area contributed by atoms with Crippen LogP contribution in [0.5, 0.6) is 0 Å². The number of carbonyl (C=O) groups is 2. The third-order valence-corrected chi connectivity index (χ3v) is 8.45. The van der Waals surface area contributed by atoms with Crippen LogP contribution in [0.3, 0.4) is 0 Å². The second-order valence-corrected chi connectivity index (χ2v) is 12.2. The van der Waals surface area contributed by atoms with Crippen molar-refractivity contribution in [3.63, 3.8) is 0 Å². The van der Waals surface area contributed by atoms with E-state index in [-0.39, 0.29) is 24.6 Å². The van der Waals surface area contributed by atoms with E-state index in [0.717, 1.165) is 103 Å². The Balaban J connectivity index is 1.95. The third-order valence-electron chi connectivity index (χ3n) is 8.45. The second-order valence-electron chi connectivity index (χ2n) is 12.2. The van der Waals surface area contributed by atoms with Gasteiger partial charge in [0.25, 0.3) is 0 Å². The van der Waals surface area contributed by atoms with Gasteiger partial charge in [0.1, 0.15) is 6.10 Å². The molecule has 6 nitrogen and oxygen atoms in total. The fourth-order valence-corrected chi connectivity index (χ4v) is 5.81. The summed E-state index contributed by atoms with van der Waals surface area (Å²) < 4.78 is 11.0. The van der Waals surface area contributed by atoms with E-state index < -0.39 is 0 Å². The Hall–Kier alpha value is -1.14. The Morgan fingerprint density at radius 1 is 0.650 bits per heavy atom. The number of ether oxygens (including phenoxy) is 2. The molecule has 0 radical (unpaired) electrons. The van der Waals surface area contributed by atoms with Crippen LogP contribution in [0.25, 0.3) is 0 Å². The van der Waals surface area contributed by atoms with Gasteiger partial charge in [-0.15, -0.1) is 0 Å². The normalized spacial score (nSPS) is 17.3. The van der Waals surface area contributed by atoms with Gasteiger partial charge in [-0.05, 0) is 76.8 Å². The van der Waals surface area contributed by atoms with Crippen molar-refractivity contribution in [3.05, 3.63) is 0 Å². The summed E-state index contributed by atoms with van der Waals surface area (Å²) in [6.45, 7) is 8.04. The van der Waals surface area contributed by atoms with Crippen molar-refractivity contribution in [1.82, 2.24) is 4.90 Å². The maximum absolute atomic E-state index is 12.2. The topological polar surface area (TPSA) is 76.1 Å². The Morgan fingerprint density at radius 3 is 1.80 bits per heavy atom. The zero-order valence-electron chi connectivity index (χ0n) is 26.5. The number of nitrogens with zero attached hydrogens (tertiary/aromatic N) is 1. The van der Waals surface area contributed by atoms with Crippen LogP contribution in [-0.2, 0) is 19.1 Å². The average molecular weight is 568 g/mol. The molecule has 236 valence electrons. The third kappa shape index (κ3) is 21.6. The molecule has 1 rings (SSSR count). The first-order valence-corrected chi connectivity index (χ1v) is 17.3. The van der Waals surface area contributed by atoms with Crippen LogP contribution in [0.2, 0.25) is 0 Å². The summed E-state index contributed by atoms with van der Waals surface area (Å²) in [4.78, 5) is 26.4. The van der Waals surface area contributed by atoms with E-state index in [4.69, 9.17) is 9.47 Å². The minimum Gasteiger partial charge on any atom is -0.466 e. The monoisotopic (exact) mass is 567 g/mol. The SMILES string of the molecule is CCCCCCOC(=O)CCCCCCCN(CCO)CCCCCCCC(=O)OC1CCC(CCCC)CC1. The number of unbranched alkanes of at least 4 members (excludes halogenated alkanes) is 12. The second kappa shape index (κ2) is 26.7. The number of hydrogen-bond donors (Lipinski definition) is 1. The van der Waals surface area contributed by atoms with Crippen molar-refractivity contribution in [2.75, 3.05) is 32.8 Å². The van der Waals surface area contributed by atoms with Gasteiger partial charge in [-0.3, -0.25) is 9.59 Å². The Bertz CT molecular complexity index is 591. The van der Waals surface area contributed by atoms with Crippen molar-refractivity contribution in [2.24, 2.45) is 5.92 Å². The Morgan fingerprint density at radius 2 is 1.20 bits per heavy atom. The number of aliphatic hydroxyl groups excluding tert-OH is 1. The molecular formula is C34H65NO5. The Kier molecular flexibility index (Phi) is 24.7. The fourth-order valence-electron chi connectivity index (χ4n) is 5.81. The van der Waals surface area contributed by atoms with Gasteiger partial charge in [-0.25, -0.2) is 0 Å². The molecule has 1 N–H and O–H groups in total. The molecule has 0 unspecified atom stereocenters. The van der Waals surface area contributed by atoms with Crippen LogP contribution in [0.1, 0.15) is 162 Å². The summed E-state index contributed by atoms with van der Waals surface area (Å²) in [5.74, 6) is 0.811. The predicted molar refractivity (Wildman–Crippen MR) is 165 cm³/mol. The number of carbonyl (C=O) groups excluding carboxylic acids is 2. The van der Waals surface area contributed by atoms with Gasteiger partial charge < -0.3 is 19.5 Å². The molecule has 0 saturated heterocycles. The van der Waals surface area contributed by atoms with Crippen molar-refractivity contribution in [3.8, 4) is 0 Å². The molecular weight excluding hydrogens is 502 g/mol. The molecule has 1 aliphatic rings. The highest BCUT2D eigenvalue weighted by atomic mass is 16.5. The minimum atomic E-state index is -0.0409. The van der Waals surface area contributed by atoms with Crippen LogP contribution in [0.4, 0.5) is 0 Å². The molecule has 0 aromatic rings. The van der Waals surface area contributed by atoms with Gasteiger partial charge >= 0.3 is 11.9 Å². The van der Waals surface area contributed by atoms with E-state index >= 15 is 0 Å². The van der Waals surface area contributed by atoms with E-state index in [1.165, 1.54) is 57.8 Å². The van der Waals surface area contributed by atoms with Crippen molar-refractivity contribution < 1.29 is 24.2 Å². The van der Waals surface area contributed by atoms with Gasteiger partial charge in [-0.1, -0.05) is 90.9 Å². The summed E-state index contributed by atoms with van der Waals surface area (Å²) in [7, 11) is 0. The first-order valence-electron chi connectivity index (χ1n) is 17.3. The number of aliphatic hydroxyl groups is 1. The quantitative estimate of drug-likeness (QED) is 0.0793. The molecule has 1 saturated carbocycles. The number of hydrogen-bond acceptors (Lipinski definition) is 6. The van der Waals surface area contributed by atoms with Gasteiger partial charge in [0.05, 0.1) is 13.2 Å². The molecule has 0 atom stereocenters. The number of esters is 2. The zero-order chi connectivity index (χ0) is 29.1. The summed E-state index contributed by atoms with van der Waals surface area (Å²) in [5.41, 5.74) is 0. The van der Waals surface area contributed by atoms with E-state index in [9.17, 15) is 14.7 Å². The first kappa shape index (κ1) is 36.9. The predicted octanol–water partition coefficient (Wildman–Crippen LogP) is 8.38. The van der Waals surface area contributed by atoms with Gasteiger partial charge in [0.2, 0.25) is 0 Å². The molecule has 1 fully saturated rings. The molecule has 0 heterocycles. The van der Waals surface area contributed by atoms with Gasteiger partial charge in [0.15, 0.2) is 0 Å². The van der Waals surface area contributed by atoms with Crippen LogP contribution in [0, 0.1) is 5.92 Å². The van der Waals surface area contributed by atoms with Crippen molar-refractivity contribution in [1.29, 1.82) is 0 Å². The standard InChI is InChI=1S/C34H65NO5/c1-3-5-7-18-30-39-33(37)20-14-10-8-12-16-26-35(28-29-36)27-17-13-9-11-15-21-34(38)40-32-24-22-31(23-25-32)19-6-4-2/h31-32,36H,3-30H2,1-2H3.